The van der Waals surface area contributed by atoms with E-state index in [1.54, 1.807) is 0 Å². The normalized spacial score (nSPS) is 21.7. The molecule has 1 saturated heterocycles. The summed E-state index contributed by atoms with van der Waals surface area (Å²) in [4.78, 5) is 6.98. The predicted molar refractivity (Wildman–Crippen MR) is 111 cm³/mol. The molecule has 4 nitrogen and oxygen atoms in total. The first kappa shape index (κ1) is 21.0. The molecule has 0 amide bonds. The van der Waals surface area contributed by atoms with Gasteiger partial charge in [0.05, 0.1) is 0 Å². The molecule has 1 saturated carbocycles. The maximum absolute atomic E-state index is 4.40. The van der Waals surface area contributed by atoms with Gasteiger partial charge >= 0.3 is 0 Å². The minimum absolute atomic E-state index is 0. The molecular formula is C18H37IN4. The first-order valence-electron chi connectivity index (χ1n) is 9.51. The third-order valence-electron chi connectivity index (χ3n) is 5.26. The predicted octanol–water partition coefficient (Wildman–Crippen LogP) is 3.61. The van der Waals surface area contributed by atoms with Crippen LogP contribution < -0.4 is 10.6 Å². The molecule has 0 bridgehead atoms. The van der Waals surface area contributed by atoms with Crippen LogP contribution in [0.5, 0.6) is 0 Å². The monoisotopic (exact) mass is 436 g/mol. The van der Waals surface area contributed by atoms with E-state index in [1.165, 1.54) is 77.4 Å². The van der Waals surface area contributed by atoms with E-state index in [2.05, 4.69) is 27.4 Å². The van der Waals surface area contributed by atoms with Crippen molar-refractivity contribution >= 4 is 29.9 Å². The number of halogens is 1. The van der Waals surface area contributed by atoms with Gasteiger partial charge in [-0.2, -0.15) is 0 Å². The van der Waals surface area contributed by atoms with Crippen molar-refractivity contribution in [3.63, 3.8) is 0 Å². The van der Waals surface area contributed by atoms with Crippen molar-refractivity contribution in [1.29, 1.82) is 0 Å². The van der Waals surface area contributed by atoms with Crippen LogP contribution in [0.2, 0.25) is 0 Å². The Hall–Kier alpha value is -0.0400. The highest BCUT2D eigenvalue weighted by Gasteiger charge is 2.19. The molecule has 0 aromatic rings. The van der Waals surface area contributed by atoms with E-state index in [0.717, 1.165) is 18.4 Å². The summed E-state index contributed by atoms with van der Waals surface area (Å²) in [6.45, 7) is 7.04. The summed E-state index contributed by atoms with van der Waals surface area (Å²) in [5.74, 6) is 1.95. The molecule has 0 spiro atoms. The Morgan fingerprint density at radius 3 is 2.39 bits per heavy atom. The maximum atomic E-state index is 4.40. The van der Waals surface area contributed by atoms with E-state index in [4.69, 9.17) is 0 Å². The van der Waals surface area contributed by atoms with Gasteiger partial charge in [0.2, 0.25) is 0 Å². The Kier molecular flexibility index (Phi) is 11.3. The molecule has 2 rings (SSSR count). The first-order valence-corrected chi connectivity index (χ1v) is 9.51. The Balaban J connectivity index is 0.00000264. The van der Waals surface area contributed by atoms with Crippen molar-refractivity contribution in [2.45, 2.75) is 70.8 Å². The fraction of sp³-hybridized carbons (Fsp3) is 0.944. The second-order valence-electron chi connectivity index (χ2n) is 7.05. The van der Waals surface area contributed by atoms with Gasteiger partial charge in [-0.3, -0.25) is 4.99 Å². The number of rotatable bonds is 6. The van der Waals surface area contributed by atoms with Crippen LogP contribution in [0.3, 0.4) is 0 Å². The fourth-order valence-electron chi connectivity index (χ4n) is 3.88. The van der Waals surface area contributed by atoms with E-state index < -0.39 is 0 Å². The fourth-order valence-corrected chi connectivity index (χ4v) is 3.88. The van der Waals surface area contributed by atoms with Gasteiger partial charge in [0.1, 0.15) is 0 Å². The van der Waals surface area contributed by atoms with Crippen molar-refractivity contribution in [2.75, 3.05) is 33.2 Å². The number of hydrogen-bond donors (Lipinski definition) is 2. The number of hydrogen-bond acceptors (Lipinski definition) is 2. The zero-order valence-corrected chi connectivity index (χ0v) is 17.5. The highest BCUT2D eigenvalue weighted by molar-refractivity contribution is 14.0. The van der Waals surface area contributed by atoms with Gasteiger partial charge in [-0.1, -0.05) is 39.0 Å². The maximum Gasteiger partial charge on any atom is 0.191 e. The summed E-state index contributed by atoms with van der Waals surface area (Å²) in [5.41, 5.74) is 0. The molecule has 136 valence electrons. The van der Waals surface area contributed by atoms with E-state index in [9.17, 15) is 0 Å². The summed E-state index contributed by atoms with van der Waals surface area (Å²) in [5, 5.41) is 7.14. The van der Waals surface area contributed by atoms with Crippen LogP contribution in [0.25, 0.3) is 0 Å². The highest BCUT2D eigenvalue weighted by Crippen LogP contribution is 2.25. The smallest absolute Gasteiger partial charge is 0.191 e. The molecule has 0 aromatic heterocycles. The lowest BCUT2D eigenvalue weighted by atomic mass is 9.87. The summed E-state index contributed by atoms with van der Waals surface area (Å²) < 4.78 is 0. The number of aliphatic imine (C=N–C) groups is 1. The minimum atomic E-state index is 0. The van der Waals surface area contributed by atoms with Gasteiger partial charge in [0, 0.05) is 32.7 Å². The molecular weight excluding hydrogens is 399 g/mol. The average molecular weight is 436 g/mol. The molecule has 1 aliphatic carbocycles. The molecule has 0 unspecified atom stereocenters. The lowest BCUT2D eigenvalue weighted by Gasteiger charge is -2.33. The highest BCUT2D eigenvalue weighted by atomic mass is 127. The summed E-state index contributed by atoms with van der Waals surface area (Å²) in [6, 6.07) is 0.592. The van der Waals surface area contributed by atoms with Crippen molar-refractivity contribution in [3.8, 4) is 0 Å². The second-order valence-corrected chi connectivity index (χ2v) is 7.05. The quantitative estimate of drug-likeness (QED) is 0.380. The third kappa shape index (κ3) is 8.05. The zero-order valence-electron chi connectivity index (χ0n) is 15.1. The van der Waals surface area contributed by atoms with Crippen LogP contribution in [0.15, 0.2) is 4.99 Å². The van der Waals surface area contributed by atoms with E-state index >= 15 is 0 Å². The molecule has 23 heavy (non-hydrogen) atoms. The van der Waals surface area contributed by atoms with Crippen LogP contribution in [0.1, 0.15) is 64.7 Å². The first-order chi connectivity index (χ1) is 10.8. The molecule has 0 radical (unpaired) electrons. The van der Waals surface area contributed by atoms with Crippen LogP contribution in [0, 0.1) is 5.92 Å². The van der Waals surface area contributed by atoms with Crippen LogP contribution in [-0.4, -0.2) is 50.1 Å². The summed E-state index contributed by atoms with van der Waals surface area (Å²) in [6.07, 6.45) is 12.2. The molecule has 2 N–H and O–H groups in total. The number of nitrogens with zero attached hydrogens (tertiary/aromatic N) is 2. The van der Waals surface area contributed by atoms with Gasteiger partial charge in [-0.05, 0) is 38.1 Å². The van der Waals surface area contributed by atoms with Crippen molar-refractivity contribution in [1.82, 2.24) is 15.5 Å². The minimum Gasteiger partial charge on any atom is -0.356 e. The molecule has 1 heterocycles. The Bertz CT molecular complexity index is 321. The van der Waals surface area contributed by atoms with E-state index in [1.807, 2.05) is 7.05 Å². The molecule has 1 aliphatic heterocycles. The van der Waals surface area contributed by atoms with Gasteiger partial charge in [-0.15, -0.1) is 24.0 Å². The summed E-state index contributed by atoms with van der Waals surface area (Å²) >= 11 is 0. The Labute approximate surface area is 160 Å². The zero-order chi connectivity index (χ0) is 15.6. The largest absolute Gasteiger partial charge is 0.356 e. The van der Waals surface area contributed by atoms with Gasteiger partial charge < -0.3 is 15.5 Å². The van der Waals surface area contributed by atoms with Crippen LogP contribution >= 0.6 is 24.0 Å². The molecule has 5 heteroatoms. The lowest BCUT2D eigenvalue weighted by Crippen LogP contribution is -2.49. The second kappa shape index (κ2) is 12.3. The number of likely N-dealkylation sites (tertiary alicyclic amines) is 1. The summed E-state index contributed by atoms with van der Waals surface area (Å²) in [7, 11) is 1.89. The molecule has 0 atom stereocenters. The average Bonchev–Trinajstić information content (AvgIpc) is 2.57. The Morgan fingerprint density at radius 1 is 1.09 bits per heavy atom. The molecule has 2 fully saturated rings. The van der Waals surface area contributed by atoms with Crippen LogP contribution in [0.4, 0.5) is 0 Å². The Morgan fingerprint density at radius 2 is 1.78 bits per heavy atom. The SMILES string of the molecule is CCCN1CCC(NC(=NC)NCCC2CCCCC2)CC1.I. The topological polar surface area (TPSA) is 39.7 Å². The van der Waals surface area contributed by atoms with E-state index in [0.29, 0.717) is 6.04 Å². The van der Waals surface area contributed by atoms with Crippen molar-refractivity contribution < 1.29 is 0 Å². The van der Waals surface area contributed by atoms with Gasteiger partial charge in [0.15, 0.2) is 5.96 Å². The molecule has 0 aromatic carbocycles. The number of guanidine groups is 1. The van der Waals surface area contributed by atoms with Crippen LogP contribution in [-0.2, 0) is 0 Å². The van der Waals surface area contributed by atoms with Crippen molar-refractivity contribution in [2.24, 2.45) is 10.9 Å². The van der Waals surface area contributed by atoms with Crippen molar-refractivity contribution in [3.05, 3.63) is 0 Å². The standard InChI is InChI=1S/C18H36N4.HI/c1-3-13-22-14-10-17(11-15-22)21-18(19-2)20-12-9-16-7-5-4-6-8-16;/h16-17H,3-15H2,1-2H3,(H2,19,20,21);1H. The lowest BCUT2D eigenvalue weighted by molar-refractivity contribution is 0.206. The number of nitrogens with one attached hydrogen (secondary N) is 2. The van der Waals surface area contributed by atoms with Gasteiger partial charge in [0.25, 0.3) is 0 Å². The number of piperidine rings is 1. The molecule has 2 aliphatic rings. The van der Waals surface area contributed by atoms with Gasteiger partial charge in [-0.25, -0.2) is 0 Å². The third-order valence-corrected chi connectivity index (χ3v) is 5.26. The van der Waals surface area contributed by atoms with E-state index in [-0.39, 0.29) is 24.0 Å².